The number of carbonyl (C=O) groups is 3. The Morgan fingerprint density at radius 2 is 0.506 bits per heavy atom. The van der Waals surface area contributed by atoms with Crippen LogP contribution in [0.4, 0.5) is 0 Å². The van der Waals surface area contributed by atoms with Gasteiger partial charge in [-0.25, -0.2) is 0 Å². The van der Waals surface area contributed by atoms with E-state index in [0.717, 1.165) is 135 Å². The molecule has 0 aromatic rings. The molecule has 0 aliphatic rings. The molecule has 0 saturated carbocycles. The van der Waals surface area contributed by atoms with E-state index in [-0.39, 0.29) is 37.5 Å². The highest BCUT2D eigenvalue weighted by Crippen LogP contribution is 2.14. The molecule has 0 rings (SSSR count). The lowest BCUT2D eigenvalue weighted by Gasteiger charge is -2.18. The van der Waals surface area contributed by atoms with E-state index in [4.69, 9.17) is 14.2 Å². The summed E-state index contributed by atoms with van der Waals surface area (Å²) in [6.45, 7) is 6.33. The standard InChI is InChI=1S/C73H116O6/c1-4-7-10-13-16-19-22-25-28-31-33-35-36-38-39-42-45-48-51-54-57-60-63-66-72(75)78-69-70(68-77-71(74)65-62-59-56-53-50-47-44-41-30-27-24-21-18-15-12-9-6-3)79-73(76)67-64-61-58-55-52-49-46-43-40-37-34-32-29-26-23-20-17-14-11-8-5-2/h7,9-10,12,16,18-19,21,23,25-28,30,32-35,38-39,44-45,47-48,54,57,70H,4-6,8,11,13-15,17,20,22,24,29,31,36-37,40-43,46,49-53,55-56,58-69H2,1-3H3/b10-7-,12-9-,19-16-,21-18-,26-23-,28-25-,30-27-,34-32-,35-33-,39-38-,47-44-,48-45-,57-54-. The molecule has 444 valence electrons. The predicted molar refractivity (Wildman–Crippen MR) is 343 cm³/mol. The van der Waals surface area contributed by atoms with Gasteiger partial charge in [-0.15, -0.1) is 0 Å². The van der Waals surface area contributed by atoms with E-state index in [2.05, 4.69) is 179 Å². The van der Waals surface area contributed by atoms with Crippen LogP contribution >= 0.6 is 0 Å². The second kappa shape index (κ2) is 65.5. The van der Waals surface area contributed by atoms with Crippen LogP contribution in [0.1, 0.15) is 265 Å². The maximum atomic E-state index is 12.9. The van der Waals surface area contributed by atoms with E-state index in [1.165, 1.54) is 83.5 Å². The van der Waals surface area contributed by atoms with Gasteiger partial charge in [-0.2, -0.15) is 0 Å². The summed E-state index contributed by atoms with van der Waals surface area (Å²) < 4.78 is 16.9. The van der Waals surface area contributed by atoms with Crippen LogP contribution < -0.4 is 0 Å². The van der Waals surface area contributed by atoms with Crippen LogP contribution in [-0.2, 0) is 28.6 Å². The first-order valence-electron chi connectivity index (χ1n) is 32.0. The first kappa shape index (κ1) is 74.0. The lowest BCUT2D eigenvalue weighted by atomic mass is 10.1. The summed E-state index contributed by atoms with van der Waals surface area (Å²) >= 11 is 0. The van der Waals surface area contributed by atoms with Gasteiger partial charge in [-0.3, -0.25) is 14.4 Å². The van der Waals surface area contributed by atoms with Crippen LogP contribution in [0, 0.1) is 0 Å². The molecule has 0 aliphatic carbocycles. The summed E-state index contributed by atoms with van der Waals surface area (Å²) in [5, 5.41) is 0. The van der Waals surface area contributed by atoms with Crippen LogP contribution in [0.25, 0.3) is 0 Å². The normalized spacial score (nSPS) is 13.2. The number of hydrogen-bond donors (Lipinski definition) is 0. The van der Waals surface area contributed by atoms with Gasteiger partial charge in [0.1, 0.15) is 13.2 Å². The smallest absolute Gasteiger partial charge is 0.306 e. The molecule has 0 aliphatic heterocycles. The van der Waals surface area contributed by atoms with Crippen molar-refractivity contribution in [3.05, 3.63) is 158 Å². The molecule has 79 heavy (non-hydrogen) atoms. The molecular formula is C73H116O6. The number of ether oxygens (including phenoxy) is 3. The SMILES string of the molecule is CC/C=C\C/C=C\C/C=C\C/C=C\C/C=C\C/C=C\C/C=C\CCCC(=O)OCC(COC(=O)CCCCCC/C=C\C/C=C\C/C=C\C/C=C\CC)OC(=O)CCCCCCCCCCC/C=C\C/C=C\CCCCCCC. The molecule has 0 aromatic heterocycles. The molecule has 0 saturated heterocycles. The van der Waals surface area contributed by atoms with E-state index in [1.54, 1.807) is 0 Å². The average molecular weight is 1090 g/mol. The first-order chi connectivity index (χ1) is 39.0. The van der Waals surface area contributed by atoms with Crippen molar-refractivity contribution in [2.75, 3.05) is 13.2 Å². The van der Waals surface area contributed by atoms with Crippen LogP contribution in [0.5, 0.6) is 0 Å². The summed E-state index contributed by atoms with van der Waals surface area (Å²) in [5.74, 6) is -1.01. The third kappa shape index (κ3) is 63.7. The Kier molecular flexibility index (Phi) is 61.4. The van der Waals surface area contributed by atoms with E-state index in [0.29, 0.717) is 19.3 Å². The van der Waals surface area contributed by atoms with Crippen molar-refractivity contribution in [3.8, 4) is 0 Å². The van der Waals surface area contributed by atoms with Gasteiger partial charge < -0.3 is 14.2 Å². The Labute approximate surface area is 486 Å². The summed E-state index contributed by atoms with van der Waals surface area (Å²) in [6, 6.07) is 0. The number of esters is 3. The van der Waals surface area contributed by atoms with Crippen molar-refractivity contribution < 1.29 is 28.6 Å². The van der Waals surface area contributed by atoms with Gasteiger partial charge >= 0.3 is 17.9 Å². The Balaban J connectivity index is 4.55. The average Bonchev–Trinajstić information content (AvgIpc) is 3.45. The minimum absolute atomic E-state index is 0.117. The highest BCUT2D eigenvalue weighted by Gasteiger charge is 2.19. The molecule has 0 aromatic carbocycles. The minimum Gasteiger partial charge on any atom is -0.462 e. The van der Waals surface area contributed by atoms with Crippen molar-refractivity contribution in [2.45, 2.75) is 271 Å². The van der Waals surface area contributed by atoms with Crippen molar-refractivity contribution in [3.63, 3.8) is 0 Å². The third-order valence-electron chi connectivity index (χ3n) is 13.0. The topological polar surface area (TPSA) is 78.9 Å². The first-order valence-corrected chi connectivity index (χ1v) is 32.0. The van der Waals surface area contributed by atoms with Gasteiger partial charge in [0, 0.05) is 19.3 Å². The van der Waals surface area contributed by atoms with Crippen LogP contribution in [0.15, 0.2) is 158 Å². The van der Waals surface area contributed by atoms with Crippen molar-refractivity contribution >= 4 is 17.9 Å². The minimum atomic E-state index is -0.824. The van der Waals surface area contributed by atoms with Crippen molar-refractivity contribution in [1.29, 1.82) is 0 Å². The fourth-order valence-electron chi connectivity index (χ4n) is 8.28. The van der Waals surface area contributed by atoms with Crippen LogP contribution in [0.3, 0.4) is 0 Å². The summed E-state index contributed by atoms with van der Waals surface area (Å²) in [5.41, 5.74) is 0. The molecule has 0 heterocycles. The molecule has 1 unspecified atom stereocenters. The Morgan fingerprint density at radius 1 is 0.266 bits per heavy atom. The molecule has 0 fully saturated rings. The zero-order valence-corrected chi connectivity index (χ0v) is 50.8. The van der Waals surface area contributed by atoms with Gasteiger partial charge in [-0.1, -0.05) is 262 Å². The van der Waals surface area contributed by atoms with Gasteiger partial charge in [0.05, 0.1) is 0 Å². The van der Waals surface area contributed by atoms with E-state index in [1.807, 2.05) is 0 Å². The molecular weight excluding hydrogens is 973 g/mol. The molecule has 6 nitrogen and oxygen atoms in total. The van der Waals surface area contributed by atoms with Crippen LogP contribution in [-0.4, -0.2) is 37.2 Å². The monoisotopic (exact) mass is 1090 g/mol. The maximum absolute atomic E-state index is 12.9. The number of rotatable bonds is 56. The molecule has 0 radical (unpaired) electrons. The summed E-state index contributed by atoms with van der Waals surface area (Å²) in [7, 11) is 0. The number of hydrogen-bond acceptors (Lipinski definition) is 6. The Hall–Kier alpha value is -4.97. The molecule has 0 bridgehead atoms. The number of allylic oxidation sites excluding steroid dienone is 26. The van der Waals surface area contributed by atoms with Crippen LogP contribution in [0.2, 0.25) is 0 Å². The fourth-order valence-corrected chi connectivity index (χ4v) is 8.28. The predicted octanol–water partition coefficient (Wildman–Crippen LogP) is 22.1. The number of unbranched alkanes of at least 4 members (excludes halogenated alkanes) is 19. The van der Waals surface area contributed by atoms with E-state index >= 15 is 0 Å². The number of carbonyl (C=O) groups excluding carboxylic acids is 3. The van der Waals surface area contributed by atoms with E-state index in [9.17, 15) is 14.4 Å². The van der Waals surface area contributed by atoms with Crippen molar-refractivity contribution in [2.24, 2.45) is 0 Å². The van der Waals surface area contributed by atoms with Gasteiger partial charge in [0.25, 0.3) is 0 Å². The highest BCUT2D eigenvalue weighted by atomic mass is 16.6. The second-order valence-corrected chi connectivity index (χ2v) is 20.5. The molecule has 0 spiro atoms. The zero-order chi connectivity index (χ0) is 57.1. The Bertz CT molecular complexity index is 1780. The summed E-state index contributed by atoms with van der Waals surface area (Å²) in [4.78, 5) is 38.3. The van der Waals surface area contributed by atoms with Gasteiger partial charge in [0.2, 0.25) is 0 Å². The lowest BCUT2D eigenvalue weighted by Crippen LogP contribution is -2.30. The lowest BCUT2D eigenvalue weighted by molar-refractivity contribution is -0.167. The molecule has 0 N–H and O–H groups in total. The quantitative estimate of drug-likeness (QED) is 0.0261. The summed E-state index contributed by atoms with van der Waals surface area (Å²) in [6.07, 6.45) is 95.3. The molecule has 0 amide bonds. The van der Waals surface area contributed by atoms with Gasteiger partial charge in [0.15, 0.2) is 6.10 Å². The highest BCUT2D eigenvalue weighted by molar-refractivity contribution is 5.71. The third-order valence-corrected chi connectivity index (χ3v) is 13.0. The van der Waals surface area contributed by atoms with E-state index < -0.39 is 6.10 Å². The molecule has 6 heteroatoms. The Morgan fingerprint density at radius 3 is 0.823 bits per heavy atom. The second-order valence-electron chi connectivity index (χ2n) is 20.5. The molecule has 1 atom stereocenters. The fraction of sp³-hybridized carbons (Fsp3) is 0.603. The van der Waals surface area contributed by atoms with Crippen molar-refractivity contribution in [1.82, 2.24) is 0 Å². The van der Waals surface area contributed by atoms with Gasteiger partial charge in [-0.05, 0) is 141 Å². The largest absolute Gasteiger partial charge is 0.462 e. The zero-order valence-electron chi connectivity index (χ0n) is 50.8. The maximum Gasteiger partial charge on any atom is 0.306 e.